The van der Waals surface area contributed by atoms with Gasteiger partial charge in [-0.25, -0.2) is 4.79 Å². The van der Waals surface area contributed by atoms with E-state index in [9.17, 15) is 4.79 Å². The number of hydrogen-bond donors (Lipinski definition) is 0. The summed E-state index contributed by atoms with van der Waals surface area (Å²) in [6, 6.07) is 27.7. The van der Waals surface area contributed by atoms with Crippen LogP contribution < -0.4 is 0 Å². The molecule has 0 unspecified atom stereocenters. The fraction of sp³-hybridized carbons (Fsp3) is 0.115. The summed E-state index contributed by atoms with van der Waals surface area (Å²) in [6.07, 6.45) is 5.31. The summed E-state index contributed by atoms with van der Waals surface area (Å²) in [4.78, 5) is 11.3. The van der Waals surface area contributed by atoms with Crippen molar-refractivity contribution in [2.45, 2.75) is 12.8 Å². The highest BCUT2D eigenvalue weighted by molar-refractivity contribution is 6.00. The van der Waals surface area contributed by atoms with E-state index in [1.807, 2.05) is 12.1 Å². The van der Waals surface area contributed by atoms with Crippen molar-refractivity contribution in [1.82, 2.24) is 0 Å². The summed E-state index contributed by atoms with van der Waals surface area (Å²) >= 11 is 0. The summed E-state index contributed by atoms with van der Waals surface area (Å²) in [5.41, 5.74) is 8.84. The maximum atomic E-state index is 11.3. The number of rotatable bonds is 4. The monoisotopic (exact) mass is 366 g/mol. The van der Waals surface area contributed by atoms with Crippen LogP contribution in [-0.4, -0.2) is 13.1 Å². The molecule has 0 radical (unpaired) electrons. The maximum Gasteiger partial charge on any atom is 0.330 e. The zero-order chi connectivity index (χ0) is 19.3. The van der Waals surface area contributed by atoms with Gasteiger partial charge in [0.2, 0.25) is 0 Å². The summed E-state index contributed by atoms with van der Waals surface area (Å²) < 4.78 is 4.66. The number of carbonyl (C=O) groups is 1. The number of carbonyl (C=O) groups excluding carboxylic acids is 1. The lowest BCUT2D eigenvalue weighted by Crippen LogP contribution is -2.06. The van der Waals surface area contributed by atoms with Gasteiger partial charge in [-0.1, -0.05) is 78.9 Å². The first-order chi connectivity index (χ1) is 13.8. The van der Waals surface area contributed by atoms with Gasteiger partial charge in [0.25, 0.3) is 0 Å². The lowest BCUT2D eigenvalue weighted by molar-refractivity contribution is -0.134. The molecule has 0 spiro atoms. The molecule has 0 aliphatic heterocycles. The average Bonchev–Trinajstić information content (AvgIpc) is 2.77. The van der Waals surface area contributed by atoms with E-state index in [-0.39, 0.29) is 5.97 Å². The molecule has 1 aliphatic rings. The predicted molar refractivity (Wildman–Crippen MR) is 115 cm³/mol. The molecular weight excluding hydrogens is 344 g/mol. The highest BCUT2D eigenvalue weighted by atomic mass is 16.5. The quantitative estimate of drug-likeness (QED) is 0.432. The van der Waals surface area contributed by atoms with Gasteiger partial charge in [-0.05, 0) is 57.9 Å². The molecule has 0 bridgehead atoms. The molecule has 0 aromatic heterocycles. The van der Waals surface area contributed by atoms with Crippen molar-refractivity contribution in [3.8, 4) is 0 Å². The fourth-order valence-electron chi connectivity index (χ4n) is 3.78. The van der Waals surface area contributed by atoms with Gasteiger partial charge in [-0.2, -0.15) is 0 Å². The molecule has 2 heteroatoms. The summed E-state index contributed by atoms with van der Waals surface area (Å²) in [7, 11) is 1.38. The Balaban J connectivity index is 1.80. The minimum atomic E-state index is -0.348. The van der Waals surface area contributed by atoms with Gasteiger partial charge in [0.15, 0.2) is 0 Å². The van der Waals surface area contributed by atoms with Gasteiger partial charge in [-0.3, -0.25) is 0 Å². The zero-order valence-corrected chi connectivity index (χ0v) is 15.9. The molecule has 0 fully saturated rings. The van der Waals surface area contributed by atoms with Crippen LogP contribution in [0.5, 0.6) is 0 Å². The van der Waals surface area contributed by atoms with E-state index in [4.69, 9.17) is 0 Å². The highest BCUT2D eigenvalue weighted by Gasteiger charge is 2.20. The van der Waals surface area contributed by atoms with E-state index in [0.717, 1.165) is 18.4 Å². The Labute approximate surface area is 165 Å². The van der Waals surface area contributed by atoms with E-state index in [1.165, 1.54) is 46.6 Å². The van der Waals surface area contributed by atoms with Crippen LogP contribution >= 0.6 is 0 Å². The number of allylic oxidation sites excluding steroid dienone is 1. The smallest absolute Gasteiger partial charge is 0.330 e. The first-order valence-electron chi connectivity index (χ1n) is 9.49. The summed E-state index contributed by atoms with van der Waals surface area (Å²) in [6.45, 7) is 0. The second-order valence-corrected chi connectivity index (χ2v) is 6.86. The molecule has 138 valence electrons. The Morgan fingerprint density at radius 3 is 2.29 bits per heavy atom. The largest absolute Gasteiger partial charge is 0.466 e. The first kappa shape index (κ1) is 18.0. The Morgan fingerprint density at radius 1 is 0.821 bits per heavy atom. The minimum absolute atomic E-state index is 0.348. The van der Waals surface area contributed by atoms with Crippen molar-refractivity contribution in [1.29, 1.82) is 0 Å². The zero-order valence-electron chi connectivity index (χ0n) is 15.9. The molecule has 4 rings (SSSR count). The topological polar surface area (TPSA) is 26.3 Å². The Kier molecular flexibility index (Phi) is 5.20. The second-order valence-electron chi connectivity index (χ2n) is 6.86. The molecule has 3 aromatic rings. The SMILES string of the molecule is COC(=O)C=Cc1ccc(C2=C(c3ccccc3)CCc3ccccc32)cc1. The van der Waals surface area contributed by atoms with Crippen molar-refractivity contribution < 1.29 is 9.53 Å². The standard InChI is InChI=1S/C26H22O2/c1-28-25(27)18-13-19-11-14-22(15-12-19)26-23-10-6-5-9-21(23)16-17-24(26)20-7-3-2-4-8-20/h2-15,18H,16-17H2,1H3. The number of esters is 1. The number of ether oxygens (including phenoxy) is 1. The third kappa shape index (κ3) is 3.67. The van der Waals surface area contributed by atoms with Crippen LogP contribution in [0.15, 0.2) is 84.9 Å². The lowest BCUT2D eigenvalue weighted by Gasteiger charge is -2.24. The van der Waals surface area contributed by atoms with Crippen molar-refractivity contribution in [2.24, 2.45) is 0 Å². The normalized spacial score (nSPS) is 13.5. The van der Waals surface area contributed by atoms with Crippen LogP contribution in [-0.2, 0) is 16.0 Å². The van der Waals surface area contributed by atoms with Gasteiger partial charge >= 0.3 is 5.97 Å². The molecule has 0 N–H and O–H groups in total. The number of benzene rings is 3. The molecule has 1 aliphatic carbocycles. The van der Waals surface area contributed by atoms with Crippen molar-refractivity contribution in [3.05, 3.63) is 113 Å². The molecule has 2 nitrogen and oxygen atoms in total. The molecular formula is C26H22O2. The van der Waals surface area contributed by atoms with Gasteiger partial charge < -0.3 is 4.74 Å². The number of hydrogen-bond acceptors (Lipinski definition) is 2. The first-order valence-corrected chi connectivity index (χ1v) is 9.49. The molecule has 3 aromatic carbocycles. The van der Waals surface area contributed by atoms with Crippen LogP contribution in [0.1, 0.15) is 34.2 Å². The van der Waals surface area contributed by atoms with E-state index < -0.39 is 0 Å². The average molecular weight is 366 g/mol. The number of methoxy groups -OCH3 is 1. The van der Waals surface area contributed by atoms with Gasteiger partial charge in [-0.15, -0.1) is 0 Å². The minimum Gasteiger partial charge on any atom is -0.466 e. The van der Waals surface area contributed by atoms with Crippen LogP contribution in [0, 0.1) is 0 Å². The number of aryl methyl sites for hydroxylation is 1. The van der Waals surface area contributed by atoms with Crippen molar-refractivity contribution >= 4 is 23.2 Å². The molecule has 0 amide bonds. The molecule has 0 saturated heterocycles. The highest BCUT2D eigenvalue weighted by Crippen LogP contribution is 2.40. The Bertz CT molecular complexity index is 1040. The van der Waals surface area contributed by atoms with Gasteiger partial charge in [0, 0.05) is 6.08 Å². The van der Waals surface area contributed by atoms with Crippen LogP contribution in [0.2, 0.25) is 0 Å². The Morgan fingerprint density at radius 2 is 1.54 bits per heavy atom. The predicted octanol–water partition coefficient (Wildman–Crippen LogP) is 5.78. The van der Waals surface area contributed by atoms with Gasteiger partial charge in [0.1, 0.15) is 0 Å². The van der Waals surface area contributed by atoms with E-state index in [0.29, 0.717) is 0 Å². The van der Waals surface area contributed by atoms with Gasteiger partial charge in [0.05, 0.1) is 7.11 Å². The van der Waals surface area contributed by atoms with E-state index in [2.05, 4.69) is 71.5 Å². The fourth-order valence-corrected chi connectivity index (χ4v) is 3.78. The lowest BCUT2D eigenvalue weighted by atomic mass is 9.79. The third-order valence-electron chi connectivity index (χ3n) is 5.17. The third-order valence-corrected chi connectivity index (χ3v) is 5.17. The molecule has 0 atom stereocenters. The molecule has 28 heavy (non-hydrogen) atoms. The maximum absolute atomic E-state index is 11.3. The second kappa shape index (κ2) is 8.10. The summed E-state index contributed by atoms with van der Waals surface area (Å²) in [5, 5.41) is 0. The van der Waals surface area contributed by atoms with Crippen molar-refractivity contribution in [3.63, 3.8) is 0 Å². The van der Waals surface area contributed by atoms with Crippen molar-refractivity contribution in [2.75, 3.05) is 7.11 Å². The summed E-state index contributed by atoms with van der Waals surface area (Å²) in [5.74, 6) is -0.348. The molecule has 0 saturated carbocycles. The van der Waals surface area contributed by atoms with Crippen LogP contribution in [0.4, 0.5) is 0 Å². The Hall–Kier alpha value is -3.39. The number of fused-ring (bicyclic) bond motifs is 1. The van der Waals surface area contributed by atoms with Crippen LogP contribution in [0.3, 0.4) is 0 Å². The van der Waals surface area contributed by atoms with E-state index in [1.54, 1.807) is 6.08 Å². The van der Waals surface area contributed by atoms with E-state index >= 15 is 0 Å². The molecule has 0 heterocycles. The van der Waals surface area contributed by atoms with Crippen LogP contribution in [0.25, 0.3) is 17.2 Å².